The van der Waals surface area contributed by atoms with Crippen molar-refractivity contribution in [1.29, 1.82) is 5.26 Å². The summed E-state index contributed by atoms with van der Waals surface area (Å²) >= 11 is 7.24. The van der Waals surface area contributed by atoms with Crippen LogP contribution in [0, 0.1) is 23.2 Å². The number of rotatable bonds is 3. The van der Waals surface area contributed by atoms with Gasteiger partial charge in [-0.05, 0) is 24.1 Å². The average molecular weight is 294 g/mol. The Kier molecular flexibility index (Phi) is 4.03. The summed E-state index contributed by atoms with van der Waals surface area (Å²) in [5.74, 6) is -1.02. The molecule has 0 aliphatic carbocycles. The number of carbonyl (C=O) groups is 1. The second kappa shape index (κ2) is 5.55. The fourth-order valence-electron chi connectivity index (χ4n) is 1.65. The van der Waals surface area contributed by atoms with Crippen LogP contribution < -0.4 is 5.32 Å². The van der Waals surface area contributed by atoms with E-state index in [0.717, 1.165) is 10.2 Å². The van der Waals surface area contributed by atoms with Crippen molar-refractivity contribution in [2.75, 3.05) is 5.32 Å². The van der Waals surface area contributed by atoms with Gasteiger partial charge in [-0.15, -0.1) is 0 Å². The number of aromatic nitrogens is 1. The molecule has 1 aromatic carbocycles. The second-order valence-corrected chi connectivity index (χ2v) is 5.94. The Labute approximate surface area is 120 Å². The van der Waals surface area contributed by atoms with Crippen LogP contribution >= 0.6 is 22.9 Å². The summed E-state index contributed by atoms with van der Waals surface area (Å²) in [4.78, 5) is 16.2. The summed E-state index contributed by atoms with van der Waals surface area (Å²) in [5.41, 5.74) is 0.780. The zero-order chi connectivity index (χ0) is 14.0. The van der Waals surface area contributed by atoms with Gasteiger partial charge in [0.1, 0.15) is 5.92 Å². The van der Waals surface area contributed by atoms with Gasteiger partial charge in [-0.1, -0.05) is 36.8 Å². The number of benzene rings is 1. The van der Waals surface area contributed by atoms with Gasteiger partial charge < -0.3 is 5.32 Å². The molecule has 4 nitrogen and oxygen atoms in total. The highest BCUT2D eigenvalue weighted by Crippen LogP contribution is 2.28. The van der Waals surface area contributed by atoms with E-state index in [0.29, 0.717) is 10.2 Å². The van der Waals surface area contributed by atoms with Crippen molar-refractivity contribution < 1.29 is 4.79 Å². The summed E-state index contributed by atoms with van der Waals surface area (Å²) in [5, 5.41) is 12.8. The molecule has 19 heavy (non-hydrogen) atoms. The predicted molar refractivity (Wildman–Crippen MR) is 77.2 cm³/mol. The number of nitrogens with one attached hydrogen (secondary N) is 1. The van der Waals surface area contributed by atoms with E-state index in [-0.39, 0.29) is 11.8 Å². The normalized spacial score (nSPS) is 12.4. The molecule has 6 heteroatoms. The van der Waals surface area contributed by atoms with E-state index in [9.17, 15) is 4.79 Å². The van der Waals surface area contributed by atoms with Crippen molar-refractivity contribution >= 4 is 44.2 Å². The van der Waals surface area contributed by atoms with Crippen LogP contribution in [0.5, 0.6) is 0 Å². The fraction of sp³-hybridized carbons (Fsp3) is 0.308. The molecule has 1 aromatic heterocycles. The number of anilines is 1. The molecule has 0 aliphatic heterocycles. The van der Waals surface area contributed by atoms with Crippen molar-refractivity contribution in [3.63, 3.8) is 0 Å². The van der Waals surface area contributed by atoms with E-state index in [1.807, 2.05) is 19.9 Å². The van der Waals surface area contributed by atoms with Crippen molar-refractivity contribution in [2.45, 2.75) is 13.8 Å². The first-order chi connectivity index (χ1) is 9.01. The van der Waals surface area contributed by atoms with Crippen LogP contribution in [0.15, 0.2) is 18.2 Å². The molecule has 1 atom stereocenters. The molecule has 0 saturated carbocycles. The van der Waals surface area contributed by atoms with Gasteiger partial charge in [0.05, 0.1) is 16.3 Å². The molecular formula is C13H12ClN3OS. The van der Waals surface area contributed by atoms with Crippen molar-refractivity contribution in [3.8, 4) is 6.07 Å². The van der Waals surface area contributed by atoms with E-state index < -0.39 is 5.92 Å². The largest absolute Gasteiger partial charge is 0.301 e. The Balaban J connectivity index is 2.22. The molecule has 0 radical (unpaired) electrons. The molecular weight excluding hydrogens is 282 g/mol. The molecule has 0 spiro atoms. The molecule has 2 rings (SSSR count). The lowest BCUT2D eigenvalue weighted by Crippen LogP contribution is -2.25. The minimum atomic E-state index is -0.671. The van der Waals surface area contributed by atoms with Crippen molar-refractivity contribution in [3.05, 3.63) is 23.2 Å². The maximum Gasteiger partial charge on any atom is 0.243 e. The number of thiazole rings is 1. The lowest BCUT2D eigenvalue weighted by molar-refractivity contribution is -0.119. The van der Waals surface area contributed by atoms with E-state index >= 15 is 0 Å². The summed E-state index contributed by atoms with van der Waals surface area (Å²) in [6, 6.07) is 7.36. The van der Waals surface area contributed by atoms with Crippen LogP contribution in [0.4, 0.5) is 5.13 Å². The van der Waals surface area contributed by atoms with Gasteiger partial charge in [0, 0.05) is 5.02 Å². The van der Waals surface area contributed by atoms with E-state index in [1.54, 1.807) is 18.2 Å². The molecule has 98 valence electrons. The first kappa shape index (κ1) is 13.8. The van der Waals surface area contributed by atoms with Crippen LogP contribution in [-0.2, 0) is 4.79 Å². The lowest BCUT2D eigenvalue weighted by atomic mass is 9.97. The molecule has 0 bridgehead atoms. The Bertz CT molecular complexity index is 659. The molecule has 1 N–H and O–H groups in total. The molecule has 0 fully saturated rings. The highest BCUT2D eigenvalue weighted by atomic mass is 35.5. The summed E-state index contributed by atoms with van der Waals surface area (Å²) in [6.07, 6.45) is 0. The SMILES string of the molecule is CC(C)C(C#N)C(=O)Nc1nc2ccc(Cl)cc2s1. The molecule has 0 aliphatic rings. The standard InChI is InChI=1S/C13H12ClN3OS/c1-7(2)9(6-15)12(18)17-13-16-10-4-3-8(14)5-11(10)19-13/h3-5,7,9H,1-2H3,(H,16,17,18). The zero-order valence-corrected chi connectivity index (χ0v) is 12.0. The Hall–Kier alpha value is -1.64. The average Bonchev–Trinajstić information content (AvgIpc) is 2.70. The fourth-order valence-corrected chi connectivity index (χ4v) is 2.79. The summed E-state index contributed by atoms with van der Waals surface area (Å²) in [7, 11) is 0. The quantitative estimate of drug-likeness (QED) is 0.938. The van der Waals surface area contributed by atoms with Crippen molar-refractivity contribution in [1.82, 2.24) is 4.98 Å². The van der Waals surface area contributed by atoms with Gasteiger partial charge in [-0.25, -0.2) is 4.98 Å². The Morgan fingerprint density at radius 3 is 2.89 bits per heavy atom. The first-order valence-electron chi connectivity index (χ1n) is 5.78. The number of halogens is 1. The minimum Gasteiger partial charge on any atom is -0.301 e. The first-order valence-corrected chi connectivity index (χ1v) is 6.97. The molecule has 1 amide bonds. The highest BCUT2D eigenvalue weighted by molar-refractivity contribution is 7.22. The smallest absolute Gasteiger partial charge is 0.243 e. The third kappa shape index (κ3) is 3.03. The number of amides is 1. The van der Waals surface area contributed by atoms with E-state index in [2.05, 4.69) is 10.3 Å². The summed E-state index contributed by atoms with van der Waals surface area (Å²) in [6.45, 7) is 3.68. The van der Waals surface area contributed by atoms with Gasteiger partial charge in [-0.3, -0.25) is 4.79 Å². The van der Waals surface area contributed by atoms with Gasteiger partial charge in [0.2, 0.25) is 5.91 Å². The van der Waals surface area contributed by atoms with Gasteiger partial charge >= 0.3 is 0 Å². The number of fused-ring (bicyclic) bond motifs is 1. The predicted octanol–water partition coefficient (Wildman–Crippen LogP) is 3.68. The van der Waals surface area contributed by atoms with Crippen LogP contribution in [0.3, 0.4) is 0 Å². The monoisotopic (exact) mass is 293 g/mol. The van der Waals surface area contributed by atoms with Crippen molar-refractivity contribution in [2.24, 2.45) is 11.8 Å². The van der Waals surface area contributed by atoms with Gasteiger partial charge in [-0.2, -0.15) is 5.26 Å². The van der Waals surface area contributed by atoms with Gasteiger partial charge in [0.25, 0.3) is 0 Å². The second-order valence-electron chi connectivity index (χ2n) is 4.47. The van der Waals surface area contributed by atoms with Crippen LogP contribution in [0.1, 0.15) is 13.8 Å². The topological polar surface area (TPSA) is 65.8 Å². The maximum absolute atomic E-state index is 11.9. The number of hydrogen-bond acceptors (Lipinski definition) is 4. The number of nitriles is 1. The van der Waals surface area contributed by atoms with Crippen LogP contribution in [-0.4, -0.2) is 10.9 Å². The van der Waals surface area contributed by atoms with Crippen LogP contribution in [0.25, 0.3) is 10.2 Å². The lowest BCUT2D eigenvalue weighted by Gasteiger charge is -2.11. The molecule has 1 heterocycles. The molecule has 0 saturated heterocycles. The Morgan fingerprint density at radius 1 is 1.53 bits per heavy atom. The van der Waals surface area contributed by atoms with Crippen LogP contribution in [0.2, 0.25) is 5.02 Å². The Morgan fingerprint density at radius 2 is 2.26 bits per heavy atom. The molecule has 1 unspecified atom stereocenters. The van der Waals surface area contributed by atoms with Gasteiger partial charge in [0.15, 0.2) is 5.13 Å². The highest BCUT2D eigenvalue weighted by Gasteiger charge is 2.22. The third-order valence-electron chi connectivity index (χ3n) is 2.67. The van der Waals surface area contributed by atoms with E-state index in [4.69, 9.17) is 16.9 Å². The maximum atomic E-state index is 11.9. The number of carbonyl (C=O) groups excluding carboxylic acids is 1. The zero-order valence-electron chi connectivity index (χ0n) is 10.5. The minimum absolute atomic E-state index is 0.0335. The number of nitrogens with zero attached hydrogens (tertiary/aromatic N) is 2. The third-order valence-corrected chi connectivity index (χ3v) is 3.84. The summed E-state index contributed by atoms with van der Waals surface area (Å²) < 4.78 is 0.904. The van der Waals surface area contributed by atoms with E-state index in [1.165, 1.54) is 11.3 Å². The number of hydrogen-bond donors (Lipinski definition) is 1. The molecule has 2 aromatic rings.